The molecule has 0 radical (unpaired) electrons. The molecule has 0 fully saturated rings. The summed E-state index contributed by atoms with van der Waals surface area (Å²) in [5, 5.41) is 3.37. The topological polar surface area (TPSA) is 30.5 Å². The van der Waals surface area contributed by atoms with Crippen molar-refractivity contribution in [1.29, 1.82) is 0 Å². The van der Waals surface area contributed by atoms with Crippen LogP contribution in [0.4, 0.5) is 0 Å². The summed E-state index contributed by atoms with van der Waals surface area (Å²) in [5.41, 5.74) is 2.42. The molecular formula is C15H25NO2. The molecule has 1 rings (SSSR count). The molecule has 1 atom stereocenters. The van der Waals surface area contributed by atoms with E-state index in [0.29, 0.717) is 0 Å². The van der Waals surface area contributed by atoms with Crippen LogP contribution < -0.4 is 10.1 Å². The minimum atomic E-state index is 0.174. The van der Waals surface area contributed by atoms with Crippen LogP contribution in [0.1, 0.15) is 24.5 Å². The van der Waals surface area contributed by atoms with E-state index in [1.54, 1.807) is 7.11 Å². The Balaban J connectivity index is 2.30. The first-order valence-electron chi connectivity index (χ1n) is 6.57. The summed E-state index contributed by atoms with van der Waals surface area (Å²) in [6.07, 6.45) is 1.21. The van der Waals surface area contributed by atoms with Crippen molar-refractivity contribution in [3.05, 3.63) is 29.3 Å². The Kier molecular flexibility index (Phi) is 6.76. The summed E-state index contributed by atoms with van der Waals surface area (Å²) in [6, 6.07) is 6.30. The Labute approximate surface area is 110 Å². The van der Waals surface area contributed by atoms with Gasteiger partial charge in [0.25, 0.3) is 0 Å². The SMILES string of the molecule is COCCCNCC(C)Oc1cc(C)ccc1C. The summed E-state index contributed by atoms with van der Waals surface area (Å²) in [5.74, 6) is 0.987. The maximum absolute atomic E-state index is 5.94. The van der Waals surface area contributed by atoms with E-state index in [0.717, 1.165) is 31.9 Å². The Morgan fingerprint density at radius 3 is 2.78 bits per heavy atom. The molecule has 0 saturated carbocycles. The summed E-state index contributed by atoms with van der Waals surface area (Å²) in [4.78, 5) is 0. The molecule has 18 heavy (non-hydrogen) atoms. The van der Waals surface area contributed by atoms with E-state index in [1.807, 2.05) is 0 Å². The maximum atomic E-state index is 5.94. The van der Waals surface area contributed by atoms with E-state index in [1.165, 1.54) is 11.1 Å². The fraction of sp³-hybridized carbons (Fsp3) is 0.600. The van der Waals surface area contributed by atoms with Crippen molar-refractivity contribution in [2.24, 2.45) is 0 Å². The van der Waals surface area contributed by atoms with Crippen LogP contribution in [0.2, 0.25) is 0 Å². The lowest BCUT2D eigenvalue weighted by molar-refractivity contribution is 0.188. The van der Waals surface area contributed by atoms with Crippen molar-refractivity contribution < 1.29 is 9.47 Å². The number of ether oxygens (including phenoxy) is 2. The number of hydrogen-bond donors (Lipinski definition) is 1. The molecule has 1 unspecified atom stereocenters. The van der Waals surface area contributed by atoms with E-state index >= 15 is 0 Å². The number of methoxy groups -OCH3 is 1. The van der Waals surface area contributed by atoms with Crippen molar-refractivity contribution >= 4 is 0 Å². The van der Waals surface area contributed by atoms with Gasteiger partial charge in [-0.3, -0.25) is 0 Å². The Hall–Kier alpha value is -1.06. The van der Waals surface area contributed by atoms with E-state index in [4.69, 9.17) is 9.47 Å². The molecule has 0 aliphatic rings. The first kappa shape index (κ1) is 15.0. The third-order valence-electron chi connectivity index (χ3n) is 2.81. The number of benzene rings is 1. The highest BCUT2D eigenvalue weighted by Gasteiger charge is 2.06. The lowest BCUT2D eigenvalue weighted by atomic mass is 10.1. The fourth-order valence-corrected chi connectivity index (χ4v) is 1.74. The van der Waals surface area contributed by atoms with Gasteiger partial charge in [-0.2, -0.15) is 0 Å². The first-order valence-corrected chi connectivity index (χ1v) is 6.57. The van der Waals surface area contributed by atoms with Gasteiger partial charge in [0.05, 0.1) is 0 Å². The zero-order chi connectivity index (χ0) is 13.4. The third-order valence-corrected chi connectivity index (χ3v) is 2.81. The molecule has 1 aromatic rings. The highest BCUT2D eigenvalue weighted by atomic mass is 16.5. The number of hydrogen-bond acceptors (Lipinski definition) is 3. The van der Waals surface area contributed by atoms with Gasteiger partial charge in [0, 0.05) is 20.3 Å². The van der Waals surface area contributed by atoms with Gasteiger partial charge in [-0.15, -0.1) is 0 Å². The van der Waals surface area contributed by atoms with Crippen LogP contribution in [-0.2, 0) is 4.74 Å². The van der Waals surface area contributed by atoms with Gasteiger partial charge in [-0.05, 0) is 50.9 Å². The average molecular weight is 251 g/mol. The van der Waals surface area contributed by atoms with E-state index in [2.05, 4.69) is 44.3 Å². The van der Waals surface area contributed by atoms with E-state index in [9.17, 15) is 0 Å². The molecule has 0 heterocycles. The second kappa shape index (κ2) is 8.11. The minimum absolute atomic E-state index is 0.174. The molecule has 0 aliphatic carbocycles. The van der Waals surface area contributed by atoms with E-state index in [-0.39, 0.29) is 6.10 Å². The van der Waals surface area contributed by atoms with Crippen LogP contribution in [0.15, 0.2) is 18.2 Å². The highest BCUT2D eigenvalue weighted by molar-refractivity contribution is 5.36. The van der Waals surface area contributed by atoms with Crippen molar-refractivity contribution in [1.82, 2.24) is 5.32 Å². The molecule has 102 valence electrons. The zero-order valence-corrected chi connectivity index (χ0v) is 12.0. The van der Waals surface area contributed by atoms with Gasteiger partial charge in [0.1, 0.15) is 11.9 Å². The smallest absolute Gasteiger partial charge is 0.122 e. The van der Waals surface area contributed by atoms with Crippen LogP contribution in [0.3, 0.4) is 0 Å². The molecule has 0 bridgehead atoms. The Bertz CT molecular complexity index is 352. The maximum Gasteiger partial charge on any atom is 0.122 e. The molecule has 1 aromatic carbocycles. The molecule has 0 aliphatic heterocycles. The number of nitrogens with one attached hydrogen (secondary N) is 1. The molecular weight excluding hydrogens is 226 g/mol. The summed E-state index contributed by atoms with van der Waals surface area (Å²) >= 11 is 0. The van der Waals surface area contributed by atoms with Gasteiger partial charge in [-0.25, -0.2) is 0 Å². The van der Waals surface area contributed by atoms with Crippen LogP contribution >= 0.6 is 0 Å². The number of rotatable bonds is 8. The fourth-order valence-electron chi connectivity index (χ4n) is 1.74. The monoisotopic (exact) mass is 251 g/mol. The predicted molar refractivity (Wildman–Crippen MR) is 75.4 cm³/mol. The molecule has 1 N–H and O–H groups in total. The third kappa shape index (κ3) is 5.52. The molecule has 0 spiro atoms. The quantitative estimate of drug-likeness (QED) is 0.721. The Morgan fingerprint density at radius 2 is 2.06 bits per heavy atom. The van der Waals surface area contributed by atoms with Crippen LogP contribution in [-0.4, -0.2) is 32.9 Å². The van der Waals surface area contributed by atoms with Gasteiger partial charge in [-0.1, -0.05) is 12.1 Å². The molecule has 3 heteroatoms. The van der Waals surface area contributed by atoms with Crippen molar-refractivity contribution in [3.8, 4) is 5.75 Å². The zero-order valence-electron chi connectivity index (χ0n) is 12.0. The summed E-state index contributed by atoms with van der Waals surface area (Å²) in [6.45, 7) is 8.88. The predicted octanol–water partition coefficient (Wildman–Crippen LogP) is 2.70. The Morgan fingerprint density at radius 1 is 1.28 bits per heavy atom. The van der Waals surface area contributed by atoms with Gasteiger partial charge in [0.15, 0.2) is 0 Å². The average Bonchev–Trinajstić information content (AvgIpc) is 2.33. The highest BCUT2D eigenvalue weighted by Crippen LogP contribution is 2.20. The van der Waals surface area contributed by atoms with E-state index < -0.39 is 0 Å². The summed E-state index contributed by atoms with van der Waals surface area (Å²) in [7, 11) is 1.73. The summed E-state index contributed by atoms with van der Waals surface area (Å²) < 4.78 is 10.9. The molecule has 3 nitrogen and oxygen atoms in total. The van der Waals surface area contributed by atoms with Crippen molar-refractivity contribution in [2.45, 2.75) is 33.3 Å². The van der Waals surface area contributed by atoms with Crippen LogP contribution in [0, 0.1) is 13.8 Å². The second-order valence-electron chi connectivity index (χ2n) is 4.75. The largest absolute Gasteiger partial charge is 0.489 e. The van der Waals surface area contributed by atoms with Crippen molar-refractivity contribution in [3.63, 3.8) is 0 Å². The molecule has 0 amide bonds. The normalized spacial score (nSPS) is 12.4. The number of aryl methyl sites for hydroxylation is 2. The second-order valence-corrected chi connectivity index (χ2v) is 4.75. The van der Waals surface area contributed by atoms with Gasteiger partial charge >= 0.3 is 0 Å². The lowest BCUT2D eigenvalue weighted by Crippen LogP contribution is -2.30. The van der Waals surface area contributed by atoms with Gasteiger partial charge in [0.2, 0.25) is 0 Å². The standard InChI is InChI=1S/C15H25NO2/c1-12-6-7-13(2)15(10-12)18-14(3)11-16-8-5-9-17-4/h6-7,10,14,16H,5,8-9,11H2,1-4H3. The van der Waals surface area contributed by atoms with Crippen LogP contribution in [0.25, 0.3) is 0 Å². The van der Waals surface area contributed by atoms with Crippen LogP contribution in [0.5, 0.6) is 5.75 Å². The van der Waals surface area contributed by atoms with Gasteiger partial charge < -0.3 is 14.8 Å². The molecule has 0 saturated heterocycles. The first-order chi connectivity index (χ1) is 8.63. The van der Waals surface area contributed by atoms with Crippen molar-refractivity contribution in [2.75, 3.05) is 26.8 Å². The lowest BCUT2D eigenvalue weighted by Gasteiger charge is -2.17. The molecule has 0 aromatic heterocycles. The minimum Gasteiger partial charge on any atom is -0.489 e.